The molecule has 0 aliphatic carbocycles. The van der Waals surface area contributed by atoms with Crippen molar-refractivity contribution in [1.29, 1.82) is 0 Å². The smallest absolute Gasteiger partial charge is 0.127 e. The van der Waals surface area contributed by atoms with Gasteiger partial charge in [-0.2, -0.15) is 0 Å². The summed E-state index contributed by atoms with van der Waals surface area (Å²) >= 11 is 3.63. The predicted molar refractivity (Wildman–Crippen MR) is 69.8 cm³/mol. The van der Waals surface area contributed by atoms with Gasteiger partial charge in [-0.15, -0.1) is 0 Å². The van der Waals surface area contributed by atoms with Crippen LogP contribution in [0, 0.1) is 0 Å². The van der Waals surface area contributed by atoms with Gasteiger partial charge < -0.3 is 9.80 Å². The summed E-state index contributed by atoms with van der Waals surface area (Å²) in [5.74, 6) is 0. The molecule has 2 rings (SSSR count). The molecule has 0 aromatic heterocycles. The summed E-state index contributed by atoms with van der Waals surface area (Å²) < 4.78 is 1.26. The van der Waals surface area contributed by atoms with Gasteiger partial charge in [0.05, 0.1) is 6.54 Å². The zero-order valence-corrected chi connectivity index (χ0v) is 11.5. The highest BCUT2D eigenvalue weighted by molar-refractivity contribution is 9.10. The molecular weight excluding hydrogens is 264 g/mol. The molecule has 0 radical (unpaired) electrons. The lowest BCUT2D eigenvalue weighted by Crippen LogP contribution is -3.27. The van der Waals surface area contributed by atoms with Crippen LogP contribution >= 0.6 is 15.9 Å². The van der Waals surface area contributed by atoms with Crippen molar-refractivity contribution in [3.05, 3.63) is 34.3 Å². The van der Waals surface area contributed by atoms with Crippen molar-refractivity contribution in [1.82, 2.24) is 0 Å². The molecule has 1 aromatic rings. The maximum atomic E-state index is 3.63. The SMILES string of the molecule is CC[NH+]1CC[NH+](Cc2ccccc2Br)CC1. The Bertz CT molecular complexity index is 332. The second kappa shape index (κ2) is 5.80. The van der Waals surface area contributed by atoms with E-state index < -0.39 is 0 Å². The molecule has 0 unspecified atom stereocenters. The number of benzene rings is 1. The zero-order valence-electron chi connectivity index (χ0n) is 9.93. The summed E-state index contributed by atoms with van der Waals surface area (Å²) in [6.45, 7) is 10.0. The standard InChI is InChI=1S/C13H19BrN2/c1-2-15-7-9-16(10-8-15)11-12-5-3-4-6-13(12)14/h3-6H,2,7-11H2,1H3/p+2. The quantitative estimate of drug-likeness (QED) is 0.758. The summed E-state index contributed by atoms with van der Waals surface area (Å²) in [6, 6.07) is 8.59. The number of likely N-dealkylation sites (N-methyl/N-ethyl adjacent to an activating group) is 1. The minimum Gasteiger partial charge on any atom is -0.326 e. The van der Waals surface area contributed by atoms with Crippen LogP contribution in [0.3, 0.4) is 0 Å². The largest absolute Gasteiger partial charge is 0.326 e. The van der Waals surface area contributed by atoms with Crippen LogP contribution in [0.2, 0.25) is 0 Å². The number of nitrogens with one attached hydrogen (secondary N) is 2. The van der Waals surface area contributed by atoms with E-state index in [0.717, 1.165) is 0 Å². The number of halogens is 1. The van der Waals surface area contributed by atoms with Gasteiger partial charge in [0.15, 0.2) is 0 Å². The van der Waals surface area contributed by atoms with Crippen LogP contribution in [0.15, 0.2) is 28.7 Å². The van der Waals surface area contributed by atoms with Crippen molar-refractivity contribution in [3.63, 3.8) is 0 Å². The lowest BCUT2D eigenvalue weighted by atomic mass is 10.2. The van der Waals surface area contributed by atoms with Crippen molar-refractivity contribution in [2.75, 3.05) is 32.7 Å². The number of rotatable bonds is 3. The minimum atomic E-state index is 1.17. The lowest BCUT2D eigenvalue weighted by molar-refractivity contribution is -1.02. The summed E-state index contributed by atoms with van der Waals surface area (Å²) in [6.07, 6.45) is 0. The molecule has 0 saturated carbocycles. The number of quaternary nitrogens is 2. The van der Waals surface area contributed by atoms with E-state index in [4.69, 9.17) is 0 Å². The van der Waals surface area contributed by atoms with Gasteiger partial charge in [0.2, 0.25) is 0 Å². The van der Waals surface area contributed by atoms with Gasteiger partial charge in [0.25, 0.3) is 0 Å². The first-order chi connectivity index (χ1) is 7.79. The van der Waals surface area contributed by atoms with E-state index in [2.05, 4.69) is 47.1 Å². The van der Waals surface area contributed by atoms with Gasteiger partial charge in [-0.1, -0.05) is 34.1 Å². The fraction of sp³-hybridized carbons (Fsp3) is 0.538. The number of hydrogen-bond donors (Lipinski definition) is 2. The van der Waals surface area contributed by atoms with Crippen LogP contribution in [-0.2, 0) is 6.54 Å². The molecule has 0 bridgehead atoms. The summed E-state index contributed by atoms with van der Waals surface area (Å²) in [5, 5.41) is 0. The molecule has 1 aromatic carbocycles. The molecule has 1 aliphatic rings. The lowest BCUT2D eigenvalue weighted by Gasteiger charge is -2.29. The van der Waals surface area contributed by atoms with E-state index in [1.54, 1.807) is 9.80 Å². The van der Waals surface area contributed by atoms with Gasteiger partial charge in [0, 0.05) is 10.0 Å². The Kier molecular flexibility index (Phi) is 4.38. The molecule has 2 N–H and O–H groups in total. The Labute approximate surface area is 106 Å². The van der Waals surface area contributed by atoms with Gasteiger partial charge in [-0.05, 0) is 13.0 Å². The Hall–Kier alpha value is -0.380. The van der Waals surface area contributed by atoms with E-state index >= 15 is 0 Å². The maximum Gasteiger partial charge on any atom is 0.127 e. The minimum absolute atomic E-state index is 1.17. The number of piperazine rings is 1. The number of hydrogen-bond acceptors (Lipinski definition) is 0. The fourth-order valence-electron chi connectivity index (χ4n) is 2.40. The average Bonchev–Trinajstić information content (AvgIpc) is 2.33. The first-order valence-electron chi connectivity index (χ1n) is 6.20. The second-order valence-corrected chi connectivity index (χ2v) is 5.48. The highest BCUT2D eigenvalue weighted by atomic mass is 79.9. The van der Waals surface area contributed by atoms with Gasteiger partial charge in [0.1, 0.15) is 32.7 Å². The molecule has 1 fully saturated rings. The third kappa shape index (κ3) is 3.06. The summed E-state index contributed by atoms with van der Waals surface area (Å²) in [7, 11) is 0. The molecule has 0 spiro atoms. The molecular formula is C13H21BrN2+2. The van der Waals surface area contributed by atoms with Crippen LogP contribution in [0.4, 0.5) is 0 Å². The first kappa shape index (κ1) is 12.1. The molecule has 3 heteroatoms. The van der Waals surface area contributed by atoms with Gasteiger partial charge in [-0.25, -0.2) is 0 Å². The van der Waals surface area contributed by atoms with Crippen molar-refractivity contribution >= 4 is 15.9 Å². The summed E-state index contributed by atoms with van der Waals surface area (Å²) in [4.78, 5) is 3.49. The topological polar surface area (TPSA) is 8.88 Å². The predicted octanol–water partition coefficient (Wildman–Crippen LogP) is -0.248. The molecule has 88 valence electrons. The third-order valence-corrected chi connectivity index (χ3v) is 4.34. The van der Waals surface area contributed by atoms with Crippen molar-refractivity contribution in [2.45, 2.75) is 13.5 Å². The average molecular weight is 285 g/mol. The Balaban J connectivity index is 1.89. The van der Waals surface area contributed by atoms with Crippen molar-refractivity contribution < 1.29 is 9.80 Å². The molecule has 0 atom stereocenters. The van der Waals surface area contributed by atoms with Crippen molar-refractivity contribution in [2.24, 2.45) is 0 Å². The van der Waals surface area contributed by atoms with E-state index in [1.807, 2.05) is 0 Å². The van der Waals surface area contributed by atoms with Crippen LogP contribution in [-0.4, -0.2) is 32.7 Å². The molecule has 1 saturated heterocycles. The van der Waals surface area contributed by atoms with E-state index in [1.165, 1.54) is 49.3 Å². The summed E-state index contributed by atoms with van der Waals surface area (Å²) in [5.41, 5.74) is 1.44. The molecule has 2 nitrogen and oxygen atoms in total. The molecule has 16 heavy (non-hydrogen) atoms. The normalized spacial score (nSPS) is 25.6. The molecule has 1 aliphatic heterocycles. The Morgan fingerprint density at radius 1 is 1.06 bits per heavy atom. The van der Waals surface area contributed by atoms with E-state index in [0.29, 0.717) is 0 Å². The molecule has 1 heterocycles. The zero-order chi connectivity index (χ0) is 11.4. The fourth-order valence-corrected chi connectivity index (χ4v) is 2.82. The molecule has 0 amide bonds. The van der Waals surface area contributed by atoms with E-state index in [-0.39, 0.29) is 0 Å². The highest BCUT2D eigenvalue weighted by Gasteiger charge is 2.21. The second-order valence-electron chi connectivity index (χ2n) is 4.62. The van der Waals surface area contributed by atoms with Crippen LogP contribution < -0.4 is 9.80 Å². The van der Waals surface area contributed by atoms with Crippen LogP contribution in [0.1, 0.15) is 12.5 Å². The first-order valence-corrected chi connectivity index (χ1v) is 6.99. The maximum absolute atomic E-state index is 3.63. The highest BCUT2D eigenvalue weighted by Crippen LogP contribution is 2.14. The van der Waals surface area contributed by atoms with Gasteiger partial charge >= 0.3 is 0 Å². The van der Waals surface area contributed by atoms with E-state index in [9.17, 15) is 0 Å². The van der Waals surface area contributed by atoms with Crippen LogP contribution in [0.25, 0.3) is 0 Å². The van der Waals surface area contributed by atoms with Crippen molar-refractivity contribution in [3.8, 4) is 0 Å². The van der Waals surface area contributed by atoms with Gasteiger partial charge in [-0.3, -0.25) is 0 Å². The Morgan fingerprint density at radius 2 is 1.69 bits per heavy atom. The third-order valence-electron chi connectivity index (χ3n) is 3.56. The van der Waals surface area contributed by atoms with Crippen LogP contribution in [0.5, 0.6) is 0 Å². The monoisotopic (exact) mass is 284 g/mol. The Morgan fingerprint density at radius 3 is 2.31 bits per heavy atom.